The quantitative estimate of drug-likeness (QED) is 0.938. The van der Waals surface area contributed by atoms with Gasteiger partial charge in [0.1, 0.15) is 11.8 Å². The molecule has 2 aromatic rings. The average Bonchev–Trinajstić information content (AvgIpc) is 2.50. The first-order valence-corrected chi connectivity index (χ1v) is 6.71. The molecule has 2 rings (SSSR count). The van der Waals surface area contributed by atoms with Crippen LogP contribution in [0.3, 0.4) is 0 Å². The molecule has 5 heteroatoms. The summed E-state index contributed by atoms with van der Waals surface area (Å²) in [4.78, 5) is 12.1. The number of hydrogen-bond acceptors (Lipinski definition) is 3. The number of carbonyl (C=O) groups excluding carboxylic acids is 1. The second-order valence-electron chi connectivity index (χ2n) is 4.34. The van der Waals surface area contributed by atoms with E-state index in [1.165, 1.54) is 0 Å². The van der Waals surface area contributed by atoms with E-state index >= 15 is 0 Å². The van der Waals surface area contributed by atoms with E-state index in [9.17, 15) is 4.79 Å². The summed E-state index contributed by atoms with van der Waals surface area (Å²) in [7, 11) is 0. The van der Waals surface area contributed by atoms with Gasteiger partial charge in [-0.15, -0.1) is 0 Å². The number of ether oxygens (including phenoxy) is 1. The van der Waals surface area contributed by atoms with Crippen molar-refractivity contribution in [2.45, 2.75) is 13.0 Å². The van der Waals surface area contributed by atoms with Gasteiger partial charge in [-0.1, -0.05) is 35.9 Å². The Morgan fingerprint density at radius 2 is 1.90 bits per heavy atom. The Kier molecular flexibility index (Phi) is 4.81. The third kappa shape index (κ3) is 3.74. The number of hydrogen-bond donors (Lipinski definition) is 1. The first-order chi connectivity index (χ1) is 10.1. The molecule has 21 heavy (non-hydrogen) atoms. The summed E-state index contributed by atoms with van der Waals surface area (Å²) in [5.41, 5.74) is 0.906. The molecule has 0 heterocycles. The lowest BCUT2D eigenvalue weighted by atomic mass is 10.2. The molecule has 0 aliphatic rings. The van der Waals surface area contributed by atoms with E-state index in [1.54, 1.807) is 55.5 Å². The first-order valence-electron chi connectivity index (χ1n) is 6.33. The highest BCUT2D eigenvalue weighted by atomic mass is 35.5. The van der Waals surface area contributed by atoms with Gasteiger partial charge in [-0.2, -0.15) is 5.26 Å². The molecule has 1 atom stereocenters. The minimum atomic E-state index is -0.754. The molecule has 0 saturated carbocycles. The van der Waals surface area contributed by atoms with Crippen molar-refractivity contribution in [2.75, 3.05) is 5.32 Å². The number of anilines is 1. The Balaban J connectivity index is 2.07. The fourth-order valence-corrected chi connectivity index (χ4v) is 1.89. The van der Waals surface area contributed by atoms with Crippen molar-refractivity contribution in [3.05, 3.63) is 59.1 Å². The van der Waals surface area contributed by atoms with Gasteiger partial charge in [0.05, 0.1) is 16.3 Å². The second kappa shape index (κ2) is 6.78. The maximum absolute atomic E-state index is 12.1. The van der Waals surface area contributed by atoms with E-state index in [-0.39, 0.29) is 5.91 Å². The number of nitrogens with zero attached hydrogens (tertiary/aromatic N) is 1. The number of rotatable bonds is 4. The molecule has 0 radical (unpaired) electrons. The fraction of sp³-hybridized carbons (Fsp3) is 0.125. The van der Waals surface area contributed by atoms with Gasteiger partial charge < -0.3 is 10.1 Å². The van der Waals surface area contributed by atoms with Gasteiger partial charge in [-0.25, -0.2) is 0 Å². The molecule has 0 saturated heterocycles. The molecule has 1 unspecified atom stereocenters. The van der Waals surface area contributed by atoms with Crippen LogP contribution in [0.25, 0.3) is 0 Å². The minimum absolute atomic E-state index is 0.337. The summed E-state index contributed by atoms with van der Waals surface area (Å²) >= 11 is 5.98. The van der Waals surface area contributed by atoms with Crippen molar-refractivity contribution in [2.24, 2.45) is 0 Å². The van der Waals surface area contributed by atoms with Gasteiger partial charge in [0.2, 0.25) is 0 Å². The minimum Gasteiger partial charge on any atom is -0.480 e. The molecule has 0 bridgehead atoms. The summed E-state index contributed by atoms with van der Waals surface area (Å²) < 4.78 is 5.53. The van der Waals surface area contributed by atoms with Gasteiger partial charge in [-0.05, 0) is 31.2 Å². The molecular weight excluding hydrogens is 288 g/mol. The highest BCUT2D eigenvalue weighted by molar-refractivity contribution is 6.33. The Bertz CT molecular complexity index is 695. The van der Waals surface area contributed by atoms with Crippen LogP contribution in [0.1, 0.15) is 12.5 Å². The standard InChI is InChI=1S/C16H13ClN2O2/c1-11(21-15-9-5-2-6-12(15)10-18)16(20)19-14-8-4-3-7-13(14)17/h2-9,11H,1H3,(H,19,20). The highest BCUT2D eigenvalue weighted by Crippen LogP contribution is 2.22. The first kappa shape index (κ1) is 14.9. The highest BCUT2D eigenvalue weighted by Gasteiger charge is 2.17. The van der Waals surface area contributed by atoms with E-state index < -0.39 is 6.10 Å². The summed E-state index contributed by atoms with van der Waals surface area (Å²) in [6.45, 7) is 1.61. The Morgan fingerprint density at radius 3 is 2.62 bits per heavy atom. The van der Waals surface area contributed by atoms with Crippen LogP contribution in [-0.2, 0) is 4.79 Å². The molecule has 0 aromatic heterocycles. The van der Waals surface area contributed by atoms with Gasteiger partial charge >= 0.3 is 0 Å². The number of benzene rings is 2. The molecule has 2 aromatic carbocycles. The molecule has 0 aliphatic heterocycles. The normalized spacial score (nSPS) is 11.3. The predicted molar refractivity (Wildman–Crippen MR) is 81.3 cm³/mol. The van der Waals surface area contributed by atoms with Crippen molar-refractivity contribution in [3.8, 4) is 11.8 Å². The molecule has 0 aliphatic carbocycles. The fourth-order valence-electron chi connectivity index (χ4n) is 1.70. The lowest BCUT2D eigenvalue weighted by Gasteiger charge is -2.16. The Hall–Kier alpha value is -2.51. The topological polar surface area (TPSA) is 62.1 Å². The lowest BCUT2D eigenvalue weighted by molar-refractivity contribution is -0.122. The van der Waals surface area contributed by atoms with Crippen LogP contribution in [0.4, 0.5) is 5.69 Å². The van der Waals surface area contributed by atoms with Crippen molar-refractivity contribution in [1.29, 1.82) is 5.26 Å². The second-order valence-corrected chi connectivity index (χ2v) is 4.74. The third-order valence-corrected chi connectivity index (χ3v) is 3.14. The van der Waals surface area contributed by atoms with Gasteiger partial charge in [0.15, 0.2) is 6.10 Å². The summed E-state index contributed by atoms with van der Waals surface area (Å²) in [5, 5.41) is 12.1. The van der Waals surface area contributed by atoms with E-state index in [4.69, 9.17) is 21.6 Å². The van der Waals surface area contributed by atoms with Crippen LogP contribution in [-0.4, -0.2) is 12.0 Å². The molecule has 106 valence electrons. The number of halogens is 1. The third-order valence-electron chi connectivity index (χ3n) is 2.81. The van der Waals surface area contributed by atoms with E-state index in [2.05, 4.69) is 5.32 Å². The van der Waals surface area contributed by atoms with Crippen LogP contribution in [0.2, 0.25) is 5.02 Å². The van der Waals surface area contributed by atoms with Crippen LogP contribution in [0, 0.1) is 11.3 Å². The number of para-hydroxylation sites is 2. The van der Waals surface area contributed by atoms with E-state index in [0.29, 0.717) is 22.0 Å². The lowest BCUT2D eigenvalue weighted by Crippen LogP contribution is -2.30. The maximum Gasteiger partial charge on any atom is 0.265 e. The van der Waals surface area contributed by atoms with E-state index in [0.717, 1.165) is 0 Å². The van der Waals surface area contributed by atoms with Gasteiger partial charge in [-0.3, -0.25) is 4.79 Å². The molecule has 4 nitrogen and oxygen atoms in total. The van der Waals surface area contributed by atoms with Crippen LogP contribution < -0.4 is 10.1 Å². The van der Waals surface area contributed by atoms with E-state index in [1.807, 2.05) is 6.07 Å². The predicted octanol–water partition coefficient (Wildman–Crippen LogP) is 3.62. The Labute approximate surface area is 127 Å². The average molecular weight is 301 g/mol. The van der Waals surface area contributed by atoms with Crippen molar-refractivity contribution in [3.63, 3.8) is 0 Å². The summed E-state index contributed by atoms with van der Waals surface area (Å²) in [6, 6.07) is 15.7. The summed E-state index contributed by atoms with van der Waals surface area (Å²) in [5.74, 6) is 0.0395. The smallest absolute Gasteiger partial charge is 0.265 e. The molecular formula is C16H13ClN2O2. The number of nitriles is 1. The van der Waals surface area contributed by atoms with Crippen molar-refractivity contribution < 1.29 is 9.53 Å². The van der Waals surface area contributed by atoms with Crippen LogP contribution in [0.15, 0.2) is 48.5 Å². The Morgan fingerprint density at radius 1 is 1.24 bits per heavy atom. The van der Waals surface area contributed by atoms with Gasteiger partial charge in [0, 0.05) is 0 Å². The molecule has 1 N–H and O–H groups in total. The number of nitrogens with one attached hydrogen (secondary N) is 1. The zero-order valence-corrected chi connectivity index (χ0v) is 12.1. The largest absolute Gasteiger partial charge is 0.480 e. The molecule has 1 amide bonds. The molecule has 0 spiro atoms. The van der Waals surface area contributed by atoms with Crippen molar-refractivity contribution in [1.82, 2.24) is 0 Å². The zero-order chi connectivity index (χ0) is 15.2. The monoisotopic (exact) mass is 300 g/mol. The van der Waals surface area contributed by atoms with Crippen molar-refractivity contribution >= 4 is 23.2 Å². The number of amides is 1. The van der Waals surface area contributed by atoms with Gasteiger partial charge in [0.25, 0.3) is 5.91 Å². The molecule has 0 fully saturated rings. The zero-order valence-electron chi connectivity index (χ0n) is 11.3. The SMILES string of the molecule is CC(Oc1ccccc1C#N)C(=O)Nc1ccccc1Cl. The summed E-state index contributed by atoms with van der Waals surface area (Å²) in [6.07, 6.45) is -0.754. The van der Waals surface area contributed by atoms with Crippen LogP contribution in [0.5, 0.6) is 5.75 Å². The van der Waals surface area contributed by atoms with Crippen LogP contribution >= 0.6 is 11.6 Å². The maximum atomic E-state index is 12.1. The number of carbonyl (C=O) groups is 1.